The summed E-state index contributed by atoms with van der Waals surface area (Å²) in [5, 5.41) is 9.27. The number of carboxylic acids is 1. The summed E-state index contributed by atoms with van der Waals surface area (Å²) in [6.45, 7) is 6.51. The van der Waals surface area contributed by atoms with Crippen molar-refractivity contribution in [2.45, 2.75) is 52.6 Å². The Balaban J connectivity index is 1.70. The minimum absolute atomic E-state index is 0.159. The number of nitrogens with zero attached hydrogens (tertiary/aromatic N) is 1. The van der Waals surface area contributed by atoms with E-state index in [9.17, 15) is 27.9 Å². The lowest BCUT2D eigenvalue weighted by atomic mass is 10.1. The van der Waals surface area contributed by atoms with Gasteiger partial charge >= 0.3 is 12.1 Å². The van der Waals surface area contributed by atoms with Gasteiger partial charge in [-0.25, -0.2) is 4.79 Å². The fourth-order valence-electron chi connectivity index (χ4n) is 3.48. The van der Waals surface area contributed by atoms with Crippen LogP contribution in [0.3, 0.4) is 0 Å². The molecule has 3 aromatic carbocycles. The largest absolute Gasteiger partial charge is 0.478 e. The van der Waals surface area contributed by atoms with E-state index in [0.29, 0.717) is 28.4 Å². The summed E-state index contributed by atoms with van der Waals surface area (Å²) in [4.78, 5) is 25.1. The fourth-order valence-corrected chi connectivity index (χ4v) is 3.48. The first kappa shape index (κ1) is 27.6. The number of carboxylic acid groups (broad SMARTS) is 1. The number of hydrogen-bond acceptors (Lipinski definition) is 4. The molecule has 0 fully saturated rings. The third-order valence-corrected chi connectivity index (χ3v) is 5.63. The van der Waals surface area contributed by atoms with Crippen molar-refractivity contribution in [1.82, 2.24) is 4.90 Å². The molecule has 0 aliphatic rings. The first-order valence-electron chi connectivity index (χ1n) is 11.5. The van der Waals surface area contributed by atoms with E-state index in [1.54, 1.807) is 43.3 Å². The van der Waals surface area contributed by atoms with Gasteiger partial charge in [0.1, 0.15) is 17.2 Å². The number of halogens is 3. The van der Waals surface area contributed by atoms with Gasteiger partial charge in [0.2, 0.25) is 5.91 Å². The van der Waals surface area contributed by atoms with Crippen LogP contribution >= 0.6 is 0 Å². The molecule has 0 spiro atoms. The molecule has 3 aromatic rings. The van der Waals surface area contributed by atoms with Crippen LogP contribution in [-0.4, -0.2) is 27.5 Å². The first-order chi connectivity index (χ1) is 17.2. The molecule has 0 aromatic heterocycles. The molecule has 6 nitrogen and oxygen atoms in total. The molecule has 37 heavy (non-hydrogen) atoms. The van der Waals surface area contributed by atoms with Crippen molar-refractivity contribution in [2.24, 2.45) is 0 Å². The number of aliphatic carboxylic acids is 1. The summed E-state index contributed by atoms with van der Waals surface area (Å²) in [5.41, 5.74) is -0.0677. The van der Waals surface area contributed by atoms with Crippen LogP contribution in [0.4, 0.5) is 13.2 Å². The highest BCUT2D eigenvalue weighted by Gasteiger charge is 2.30. The standard InChI is InChI=1S/C28H28F3NO5/c1-18-14-24(12-13-25(18)37-27(3,4)26(34)35)36-23-7-5-6-21(15-23)17-32(19(2)33)16-20-8-10-22(11-9-20)28(29,30)31/h5-15H,16-17H2,1-4H3,(H,34,35). The second-order valence-electron chi connectivity index (χ2n) is 9.16. The SMILES string of the molecule is CC(=O)N(Cc1ccc(C(F)(F)F)cc1)Cc1cccc(Oc2ccc(OC(C)(C)C(=O)O)c(C)c2)c1. The summed E-state index contributed by atoms with van der Waals surface area (Å²) in [7, 11) is 0. The van der Waals surface area contributed by atoms with Gasteiger partial charge in [-0.15, -0.1) is 0 Å². The van der Waals surface area contributed by atoms with Gasteiger partial charge in [0.05, 0.1) is 5.56 Å². The Labute approximate surface area is 213 Å². The lowest BCUT2D eigenvalue weighted by Crippen LogP contribution is -2.38. The van der Waals surface area contributed by atoms with Gasteiger partial charge in [-0.1, -0.05) is 24.3 Å². The molecule has 0 atom stereocenters. The summed E-state index contributed by atoms with van der Waals surface area (Å²) in [6.07, 6.45) is -4.42. The molecule has 0 bridgehead atoms. The second-order valence-corrected chi connectivity index (χ2v) is 9.16. The zero-order valence-electron chi connectivity index (χ0n) is 20.9. The molecule has 196 valence electrons. The van der Waals surface area contributed by atoms with Gasteiger partial charge in [0.25, 0.3) is 0 Å². The third kappa shape index (κ3) is 7.49. The number of hydrogen-bond donors (Lipinski definition) is 1. The van der Waals surface area contributed by atoms with Crippen LogP contribution in [0.1, 0.15) is 43.0 Å². The van der Waals surface area contributed by atoms with Crippen LogP contribution < -0.4 is 9.47 Å². The normalized spacial score (nSPS) is 11.6. The van der Waals surface area contributed by atoms with Gasteiger partial charge in [-0.3, -0.25) is 4.79 Å². The summed E-state index contributed by atoms with van der Waals surface area (Å²) in [5.74, 6) is 0.162. The summed E-state index contributed by atoms with van der Waals surface area (Å²) < 4.78 is 50.0. The van der Waals surface area contributed by atoms with E-state index in [-0.39, 0.29) is 19.0 Å². The highest BCUT2D eigenvalue weighted by atomic mass is 19.4. The average molecular weight is 516 g/mol. The molecule has 0 heterocycles. The quantitative estimate of drug-likeness (QED) is 0.348. The lowest BCUT2D eigenvalue weighted by Gasteiger charge is -2.23. The van der Waals surface area contributed by atoms with Crippen molar-refractivity contribution in [2.75, 3.05) is 0 Å². The van der Waals surface area contributed by atoms with E-state index >= 15 is 0 Å². The Hall–Kier alpha value is -4.01. The van der Waals surface area contributed by atoms with E-state index in [1.807, 2.05) is 6.07 Å². The third-order valence-electron chi connectivity index (χ3n) is 5.63. The monoisotopic (exact) mass is 515 g/mol. The van der Waals surface area contributed by atoms with E-state index in [1.165, 1.54) is 37.8 Å². The first-order valence-corrected chi connectivity index (χ1v) is 11.5. The van der Waals surface area contributed by atoms with E-state index < -0.39 is 23.3 Å². The van der Waals surface area contributed by atoms with Crippen molar-refractivity contribution in [3.8, 4) is 17.2 Å². The van der Waals surface area contributed by atoms with Gasteiger partial charge in [0, 0.05) is 20.0 Å². The minimum atomic E-state index is -4.42. The van der Waals surface area contributed by atoms with Crippen molar-refractivity contribution >= 4 is 11.9 Å². The van der Waals surface area contributed by atoms with Crippen molar-refractivity contribution < 1.29 is 37.3 Å². The number of carbonyl (C=O) groups excluding carboxylic acids is 1. The number of aryl methyl sites for hydroxylation is 1. The van der Waals surface area contributed by atoms with Crippen molar-refractivity contribution in [1.29, 1.82) is 0 Å². The molecule has 0 radical (unpaired) electrons. The molecule has 1 N–H and O–H groups in total. The molecule has 9 heteroatoms. The molecule has 0 saturated carbocycles. The molecular formula is C28H28F3NO5. The average Bonchev–Trinajstić information content (AvgIpc) is 2.80. The molecule has 0 saturated heterocycles. The predicted molar refractivity (Wildman–Crippen MR) is 131 cm³/mol. The number of benzene rings is 3. The zero-order chi connectivity index (χ0) is 27.4. The second kappa shape index (κ2) is 10.9. The van der Waals surface area contributed by atoms with Crippen LogP contribution in [0.5, 0.6) is 17.2 Å². The lowest BCUT2D eigenvalue weighted by molar-refractivity contribution is -0.152. The van der Waals surface area contributed by atoms with Crippen LogP contribution in [0.25, 0.3) is 0 Å². The maximum Gasteiger partial charge on any atom is 0.416 e. The Bertz CT molecular complexity index is 1270. The molecule has 0 unspecified atom stereocenters. The number of amides is 1. The molecule has 0 aliphatic carbocycles. The topological polar surface area (TPSA) is 76.1 Å². The number of carbonyl (C=O) groups is 2. The number of rotatable bonds is 9. The Morgan fingerprint density at radius 3 is 2.08 bits per heavy atom. The molecule has 1 amide bonds. The van der Waals surface area contributed by atoms with Gasteiger partial charge in [0.15, 0.2) is 5.60 Å². The van der Waals surface area contributed by atoms with Crippen LogP contribution in [0, 0.1) is 6.92 Å². The Kier molecular flexibility index (Phi) is 8.15. The Morgan fingerprint density at radius 2 is 1.51 bits per heavy atom. The van der Waals surface area contributed by atoms with E-state index in [2.05, 4.69) is 0 Å². The van der Waals surface area contributed by atoms with E-state index in [4.69, 9.17) is 9.47 Å². The summed E-state index contributed by atoms with van der Waals surface area (Å²) in [6, 6.07) is 16.9. The van der Waals surface area contributed by atoms with Gasteiger partial charge in [-0.05, 0) is 79.9 Å². The highest BCUT2D eigenvalue weighted by molar-refractivity contribution is 5.77. The maximum absolute atomic E-state index is 12.8. The predicted octanol–water partition coefficient (Wildman–Crippen LogP) is 6.60. The molecular weight excluding hydrogens is 487 g/mol. The van der Waals surface area contributed by atoms with Crippen LogP contribution in [0.2, 0.25) is 0 Å². The van der Waals surface area contributed by atoms with Gasteiger partial charge < -0.3 is 19.5 Å². The smallest absolute Gasteiger partial charge is 0.416 e. The summed E-state index contributed by atoms with van der Waals surface area (Å²) >= 11 is 0. The van der Waals surface area contributed by atoms with Crippen molar-refractivity contribution in [3.05, 3.63) is 89.0 Å². The van der Waals surface area contributed by atoms with E-state index in [0.717, 1.165) is 17.7 Å². The maximum atomic E-state index is 12.8. The molecule has 3 rings (SSSR count). The van der Waals surface area contributed by atoms with Crippen LogP contribution in [0.15, 0.2) is 66.7 Å². The highest BCUT2D eigenvalue weighted by Crippen LogP contribution is 2.31. The minimum Gasteiger partial charge on any atom is -0.478 e. The Morgan fingerprint density at radius 1 is 0.892 bits per heavy atom. The fraction of sp³-hybridized carbons (Fsp3) is 0.286. The number of alkyl halides is 3. The van der Waals surface area contributed by atoms with Crippen LogP contribution in [-0.2, 0) is 28.9 Å². The number of ether oxygens (including phenoxy) is 2. The van der Waals surface area contributed by atoms with Crippen molar-refractivity contribution in [3.63, 3.8) is 0 Å². The van der Waals surface area contributed by atoms with Gasteiger partial charge in [-0.2, -0.15) is 13.2 Å². The zero-order valence-corrected chi connectivity index (χ0v) is 20.9. The molecule has 0 aliphatic heterocycles.